The molecule has 1 aliphatic heterocycles. The molecule has 2 aromatic carbocycles. The largest absolute Gasteiger partial charge is 0.462 e. The Morgan fingerprint density at radius 2 is 1.73 bits per heavy atom. The topological polar surface area (TPSA) is 29.5 Å². The fourth-order valence-corrected chi connectivity index (χ4v) is 3.75. The molecule has 0 radical (unpaired) electrons. The lowest BCUT2D eigenvalue weighted by Crippen LogP contribution is -2.40. The van der Waals surface area contributed by atoms with Crippen LogP contribution in [-0.4, -0.2) is 36.6 Å². The van der Waals surface area contributed by atoms with Gasteiger partial charge in [0.05, 0.1) is 12.2 Å². The summed E-state index contributed by atoms with van der Waals surface area (Å²) in [6.45, 7) is 2.68. The van der Waals surface area contributed by atoms with Gasteiger partial charge >= 0.3 is 5.97 Å². The van der Waals surface area contributed by atoms with E-state index in [-0.39, 0.29) is 5.97 Å². The molecule has 1 saturated heterocycles. The van der Waals surface area contributed by atoms with Crippen LogP contribution in [0.4, 0.5) is 0 Å². The zero-order valence-corrected chi connectivity index (χ0v) is 15.5. The predicted octanol–water partition coefficient (Wildman–Crippen LogP) is 4.72. The van der Waals surface area contributed by atoms with Crippen LogP contribution in [0.5, 0.6) is 0 Å². The molecule has 3 nitrogen and oxygen atoms in total. The first-order valence-electron chi connectivity index (χ1n) is 9.83. The molecule has 0 unspecified atom stereocenters. The van der Waals surface area contributed by atoms with Crippen molar-refractivity contribution in [3.8, 4) is 0 Å². The Hall–Kier alpha value is -2.13. The van der Waals surface area contributed by atoms with Gasteiger partial charge in [-0.2, -0.15) is 0 Å². The highest BCUT2D eigenvalue weighted by Crippen LogP contribution is 2.21. The summed E-state index contributed by atoms with van der Waals surface area (Å²) in [5, 5.41) is 0. The molecule has 138 valence electrons. The molecule has 0 amide bonds. The smallest absolute Gasteiger partial charge is 0.338 e. The van der Waals surface area contributed by atoms with Crippen molar-refractivity contribution >= 4 is 5.97 Å². The van der Waals surface area contributed by atoms with Crippen molar-refractivity contribution in [1.82, 2.24) is 4.90 Å². The maximum Gasteiger partial charge on any atom is 0.338 e. The van der Waals surface area contributed by atoms with E-state index >= 15 is 0 Å². The van der Waals surface area contributed by atoms with Crippen molar-refractivity contribution in [2.24, 2.45) is 0 Å². The first-order valence-corrected chi connectivity index (χ1v) is 9.83. The lowest BCUT2D eigenvalue weighted by Gasteiger charge is -2.36. The number of nitrogens with zero attached hydrogens (tertiary/aromatic N) is 1. The third kappa shape index (κ3) is 5.70. The fraction of sp³-hybridized carbons (Fsp3) is 0.435. The van der Waals surface area contributed by atoms with Gasteiger partial charge in [-0.25, -0.2) is 4.79 Å². The van der Waals surface area contributed by atoms with Gasteiger partial charge in [0.25, 0.3) is 0 Å². The van der Waals surface area contributed by atoms with Crippen molar-refractivity contribution in [1.29, 1.82) is 0 Å². The number of benzene rings is 2. The van der Waals surface area contributed by atoms with Crippen molar-refractivity contribution in [2.45, 2.75) is 44.6 Å². The van der Waals surface area contributed by atoms with Gasteiger partial charge in [-0.1, -0.05) is 55.0 Å². The van der Waals surface area contributed by atoms with Gasteiger partial charge in [-0.3, -0.25) is 0 Å². The van der Waals surface area contributed by atoms with Crippen LogP contribution in [0.3, 0.4) is 0 Å². The first-order chi connectivity index (χ1) is 12.8. The number of aryl methyl sites for hydroxylation is 1. The molecular weight excluding hydrogens is 322 g/mol. The van der Waals surface area contributed by atoms with E-state index < -0.39 is 0 Å². The fourth-order valence-electron chi connectivity index (χ4n) is 3.75. The van der Waals surface area contributed by atoms with E-state index in [4.69, 9.17) is 4.74 Å². The second kappa shape index (κ2) is 10.1. The Bertz CT molecular complexity index is 656. The number of ether oxygens (including phenoxy) is 1. The minimum atomic E-state index is -0.218. The summed E-state index contributed by atoms with van der Waals surface area (Å²) >= 11 is 0. The summed E-state index contributed by atoms with van der Waals surface area (Å²) in [5.74, 6) is -0.218. The van der Waals surface area contributed by atoms with Gasteiger partial charge in [-0.05, 0) is 56.3 Å². The van der Waals surface area contributed by atoms with Gasteiger partial charge in [0, 0.05) is 12.6 Å². The number of piperidine rings is 1. The molecule has 1 heterocycles. The van der Waals surface area contributed by atoms with E-state index in [1.54, 1.807) is 12.1 Å². The Kier molecular flexibility index (Phi) is 7.26. The Morgan fingerprint density at radius 1 is 1.00 bits per heavy atom. The number of carbonyl (C=O) groups excluding carboxylic acids is 1. The minimum absolute atomic E-state index is 0.218. The molecule has 1 fully saturated rings. The molecular formula is C23H29NO2. The van der Waals surface area contributed by atoms with Gasteiger partial charge < -0.3 is 9.64 Å². The summed E-state index contributed by atoms with van der Waals surface area (Å²) in [6, 6.07) is 20.6. The molecule has 3 rings (SSSR count). The Labute approximate surface area is 157 Å². The number of hydrogen-bond acceptors (Lipinski definition) is 3. The molecule has 0 spiro atoms. The molecule has 0 aromatic heterocycles. The van der Waals surface area contributed by atoms with Crippen molar-refractivity contribution in [2.75, 3.05) is 19.7 Å². The number of esters is 1. The second-order valence-electron chi connectivity index (χ2n) is 7.07. The summed E-state index contributed by atoms with van der Waals surface area (Å²) in [5.41, 5.74) is 2.06. The Balaban J connectivity index is 1.40. The summed E-state index contributed by atoms with van der Waals surface area (Å²) in [7, 11) is 0. The molecule has 0 N–H and O–H groups in total. The molecule has 26 heavy (non-hydrogen) atoms. The third-order valence-corrected chi connectivity index (χ3v) is 5.19. The summed E-state index contributed by atoms with van der Waals surface area (Å²) in [6.07, 6.45) is 7.17. The standard InChI is InChI=1S/C23H29NO2/c25-23(21-12-5-2-6-13-21)26-19-9-18-24-17-8-7-14-22(24)16-15-20-10-3-1-4-11-20/h1-6,10-13,22H,7-9,14-19H2/t22-/m0/s1. The molecule has 0 bridgehead atoms. The molecule has 1 aliphatic rings. The number of carbonyl (C=O) groups is 1. The second-order valence-corrected chi connectivity index (χ2v) is 7.07. The van der Waals surface area contributed by atoms with Crippen molar-refractivity contribution in [3.05, 3.63) is 71.8 Å². The van der Waals surface area contributed by atoms with E-state index in [2.05, 4.69) is 35.2 Å². The quantitative estimate of drug-likeness (QED) is 0.509. The number of likely N-dealkylation sites (tertiary alicyclic amines) is 1. The van der Waals surface area contributed by atoms with E-state index in [1.165, 1.54) is 37.8 Å². The van der Waals surface area contributed by atoms with Crippen LogP contribution in [0.15, 0.2) is 60.7 Å². The number of hydrogen-bond donors (Lipinski definition) is 0. The minimum Gasteiger partial charge on any atom is -0.462 e. The van der Waals surface area contributed by atoms with E-state index in [0.717, 1.165) is 19.4 Å². The maximum absolute atomic E-state index is 12.0. The van der Waals surface area contributed by atoms with Crippen molar-refractivity contribution in [3.63, 3.8) is 0 Å². The highest BCUT2D eigenvalue weighted by atomic mass is 16.5. The van der Waals surface area contributed by atoms with Crippen LogP contribution in [0.2, 0.25) is 0 Å². The van der Waals surface area contributed by atoms with Crippen LogP contribution >= 0.6 is 0 Å². The highest BCUT2D eigenvalue weighted by Gasteiger charge is 2.21. The van der Waals surface area contributed by atoms with Gasteiger partial charge in [0.2, 0.25) is 0 Å². The Morgan fingerprint density at radius 3 is 2.50 bits per heavy atom. The van der Waals surface area contributed by atoms with E-state index in [0.29, 0.717) is 18.2 Å². The van der Waals surface area contributed by atoms with Crippen LogP contribution in [0.25, 0.3) is 0 Å². The number of rotatable bonds is 8. The van der Waals surface area contributed by atoms with E-state index in [9.17, 15) is 4.79 Å². The molecule has 3 heteroatoms. The third-order valence-electron chi connectivity index (χ3n) is 5.19. The average Bonchev–Trinajstić information content (AvgIpc) is 2.71. The van der Waals surface area contributed by atoms with Crippen LogP contribution in [0.1, 0.15) is 48.0 Å². The zero-order chi connectivity index (χ0) is 18.0. The molecule has 0 aliphatic carbocycles. The van der Waals surface area contributed by atoms with Gasteiger partial charge in [0.15, 0.2) is 0 Å². The van der Waals surface area contributed by atoms with Gasteiger partial charge in [-0.15, -0.1) is 0 Å². The SMILES string of the molecule is O=C(OCCCN1CCCC[C@H]1CCc1ccccc1)c1ccccc1. The van der Waals surface area contributed by atoms with E-state index in [1.807, 2.05) is 18.2 Å². The molecule has 1 atom stereocenters. The maximum atomic E-state index is 12.0. The molecule has 2 aromatic rings. The predicted molar refractivity (Wildman–Crippen MR) is 105 cm³/mol. The lowest BCUT2D eigenvalue weighted by atomic mass is 9.95. The zero-order valence-electron chi connectivity index (χ0n) is 15.5. The summed E-state index contributed by atoms with van der Waals surface area (Å²) in [4.78, 5) is 14.6. The van der Waals surface area contributed by atoms with Crippen LogP contribution in [-0.2, 0) is 11.2 Å². The van der Waals surface area contributed by atoms with Crippen molar-refractivity contribution < 1.29 is 9.53 Å². The van der Waals surface area contributed by atoms with Crippen LogP contribution in [0, 0.1) is 0 Å². The first kappa shape index (κ1) is 18.7. The van der Waals surface area contributed by atoms with Crippen LogP contribution < -0.4 is 0 Å². The monoisotopic (exact) mass is 351 g/mol. The normalized spacial score (nSPS) is 17.8. The average molecular weight is 351 g/mol. The molecule has 0 saturated carbocycles. The van der Waals surface area contributed by atoms with Gasteiger partial charge in [0.1, 0.15) is 0 Å². The highest BCUT2D eigenvalue weighted by molar-refractivity contribution is 5.89. The summed E-state index contributed by atoms with van der Waals surface area (Å²) < 4.78 is 5.42. The lowest BCUT2D eigenvalue weighted by molar-refractivity contribution is 0.0470.